The van der Waals surface area contributed by atoms with Crippen molar-refractivity contribution < 1.29 is 13.2 Å². The zero-order chi connectivity index (χ0) is 16.0. The zero-order valence-corrected chi connectivity index (χ0v) is 14.3. The van der Waals surface area contributed by atoms with E-state index in [2.05, 4.69) is 23.9 Å². The molecule has 1 aromatic carbocycles. The summed E-state index contributed by atoms with van der Waals surface area (Å²) in [5.41, 5.74) is 0.989. The lowest BCUT2D eigenvalue weighted by atomic mass is 10.2. The van der Waals surface area contributed by atoms with Gasteiger partial charge in [-0.3, -0.25) is 0 Å². The summed E-state index contributed by atoms with van der Waals surface area (Å²) < 4.78 is 32.4. The summed E-state index contributed by atoms with van der Waals surface area (Å²) in [7, 11) is -2.06. The number of hydrogen-bond donors (Lipinski definition) is 2. The first-order chi connectivity index (χ1) is 9.76. The van der Waals surface area contributed by atoms with Crippen LogP contribution in [0, 0.1) is 5.92 Å². The summed E-state index contributed by atoms with van der Waals surface area (Å²) >= 11 is 0. The minimum absolute atomic E-state index is 0.180. The first-order valence-corrected chi connectivity index (χ1v) is 8.64. The van der Waals surface area contributed by atoms with Gasteiger partial charge in [-0.2, -0.15) is 0 Å². The molecular weight excluding hydrogens is 288 g/mol. The molecule has 21 heavy (non-hydrogen) atoms. The third-order valence-electron chi connectivity index (χ3n) is 2.91. The number of methoxy groups -OCH3 is 1. The molecule has 1 rings (SSSR count). The van der Waals surface area contributed by atoms with Gasteiger partial charge in [0.25, 0.3) is 0 Å². The van der Waals surface area contributed by atoms with Crippen LogP contribution in [0.4, 0.5) is 0 Å². The summed E-state index contributed by atoms with van der Waals surface area (Å²) in [6.07, 6.45) is 0. The average Bonchev–Trinajstić information content (AvgIpc) is 2.42. The Morgan fingerprint density at radius 1 is 1.19 bits per heavy atom. The van der Waals surface area contributed by atoms with Gasteiger partial charge >= 0.3 is 0 Å². The minimum atomic E-state index is -3.54. The van der Waals surface area contributed by atoms with Crippen molar-refractivity contribution in [3.63, 3.8) is 0 Å². The molecule has 0 radical (unpaired) electrons. The molecule has 0 atom stereocenters. The number of sulfonamides is 1. The quantitative estimate of drug-likeness (QED) is 0.771. The third kappa shape index (κ3) is 5.65. The van der Waals surface area contributed by atoms with Crippen LogP contribution in [-0.2, 0) is 16.6 Å². The van der Waals surface area contributed by atoms with Gasteiger partial charge in [0, 0.05) is 19.1 Å². The van der Waals surface area contributed by atoms with Crippen LogP contribution in [-0.4, -0.2) is 28.1 Å². The van der Waals surface area contributed by atoms with E-state index in [-0.39, 0.29) is 10.8 Å². The molecule has 0 unspecified atom stereocenters. The molecular formula is C15H26N2O3S. The van der Waals surface area contributed by atoms with Crippen molar-refractivity contribution in [2.75, 3.05) is 13.7 Å². The van der Waals surface area contributed by atoms with Crippen LogP contribution in [0.15, 0.2) is 23.1 Å². The second-order valence-corrected chi connectivity index (χ2v) is 7.50. The molecule has 0 amide bonds. The van der Waals surface area contributed by atoms with Crippen molar-refractivity contribution in [1.82, 2.24) is 10.0 Å². The van der Waals surface area contributed by atoms with Crippen molar-refractivity contribution in [2.45, 2.75) is 45.2 Å². The fourth-order valence-corrected chi connectivity index (χ4v) is 3.08. The van der Waals surface area contributed by atoms with E-state index in [1.807, 2.05) is 19.9 Å². The molecule has 0 fully saturated rings. The first-order valence-electron chi connectivity index (χ1n) is 7.16. The second-order valence-electron chi connectivity index (χ2n) is 5.77. The number of hydrogen-bond acceptors (Lipinski definition) is 4. The Kier molecular flexibility index (Phi) is 6.64. The van der Waals surface area contributed by atoms with Crippen molar-refractivity contribution in [2.24, 2.45) is 5.92 Å². The topological polar surface area (TPSA) is 67.4 Å². The summed E-state index contributed by atoms with van der Waals surface area (Å²) in [6.45, 7) is 9.12. The van der Waals surface area contributed by atoms with Crippen molar-refractivity contribution >= 4 is 10.0 Å². The number of nitrogens with one attached hydrogen (secondary N) is 2. The van der Waals surface area contributed by atoms with Crippen LogP contribution >= 0.6 is 0 Å². The van der Waals surface area contributed by atoms with Gasteiger partial charge in [-0.15, -0.1) is 0 Å². The lowest BCUT2D eigenvalue weighted by Crippen LogP contribution is -2.28. The molecule has 120 valence electrons. The summed E-state index contributed by atoms with van der Waals surface area (Å²) in [5.74, 6) is 0.620. The van der Waals surface area contributed by atoms with E-state index in [4.69, 9.17) is 4.74 Å². The lowest BCUT2D eigenvalue weighted by Gasteiger charge is -2.14. The standard InChI is InChI=1S/C15H26N2O3S/c1-11(2)9-17-21(18,19)15-7-6-13(8-14(15)20-5)10-16-12(3)4/h6-8,11-12,16-17H,9-10H2,1-5H3. The molecule has 0 spiro atoms. The predicted octanol–water partition coefficient (Wildman–Crippen LogP) is 2.13. The Labute approximate surface area is 128 Å². The van der Waals surface area contributed by atoms with E-state index in [0.717, 1.165) is 5.56 Å². The largest absolute Gasteiger partial charge is 0.495 e. The van der Waals surface area contributed by atoms with Crippen LogP contribution in [0.5, 0.6) is 5.75 Å². The molecule has 0 aliphatic rings. The first kappa shape index (κ1) is 17.9. The van der Waals surface area contributed by atoms with Crippen LogP contribution < -0.4 is 14.8 Å². The van der Waals surface area contributed by atoms with Crippen LogP contribution in [0.25, 0.3) is 0 Å². The molecule has 0 aromatic heterocycles. The monoisotopic (exact) mass is 314 g/mol. The summed E-state index contributed by atoms with van der Waals surface area (Å²) in [4.78, 5) is 0.180. The number of benzene rings is 1. The molecule has 0 bridgehead atoms. The maximum Gasteiger partial charge on any atom is 0.244 e. The van der Waals surface area contributed by atoms with Crippen molar-refractivity contribution in [1.29, 1.82) is 0 Å². The number of rotatable bonds is 8. The lowest BCUT2D eigenvalue weighted by molar-refractivity contribution is 0.401. The molecule has 0 heterocycles. The summed E-state index contributed by atoms with van der Waals surface area (Å²) in [5, 5.41) is 3.29. The van der Waals surface area contributed by atoms with Crippen molar-refractivity contribution in [3.8, 4) is 5.75 Å². The maximum absolute atomic E-state index is 12.3. The molecule has 2 N–H and O–H groups in total. The summed E-state index contributed by atoms with van der Waals surface area (Å²) in [6, 6.07) is 5.53. The van der Waals surface area contributed by atoms with Crippen molar-refractivity contribution in [3.05, 3.63) is 23.8 Å². The Morgan fingerprint density at radius 3 is 2.38 bits per heavy atom. The molecule has 0 saturated heterocycles. The Bertz CT molecular complexity index is 554. The molecule has 5 nitrogen and oxygen atoms in total. The van der Waals surface area contributed by atoms with Crippen LogP contribution in [0.2, 0.25) is 0 Å². The molecule has 0 aliphatic carbocycles. The Balaban J connectivity index is 2.97. The zero-order valence-electron chi connectivity index (χ0n) is 13.4. The van der Waals surface area contributed by atoms with E-state index in [1.54, 1.807) is 12.1 Å². The van der Waals surface area contributed by atoms with Gasteiger partial charge in [0.2, 0.25) is 10.0 Å². The van der Waals surface area contributed by atoms with E-state index >= 15 is 0 Å². The van der Waals surface area contributed by atoms with Gasteiger partial charge in [0.1, 0.15) is 10.6 Å². The molecule has 0 aliphatic heterocycles. The highest BCUT2D eigenvalue weighted by molar-refractivity contribution is 7.89. The smallest absolute Gasteiger partial charge is 0.244 e. The highest BCUT2D eigenvalue weighted by atomic mass is 32.2. The van der Waals surface area contributed by atoms with Crippen LogP contribution in [0.3, 0.4) is 0 Å². The number of ether oxygens (including phenoxy) is 1. The molecule has 1 aromatic rings. The molecule has 6 heteroatoms. The highest BCUT2D eigenvalue weighted by Gasteiger charge is 2.19. The fraction of sp³-hybridized carbons (Fsp3) is 0.600. The highest BCUT2D eigenvalue weighted by Crippen LogP contribution is 2.25. The van der Waals surface area contributed by atoms with Gasteiger partial charge in [-0.05, 0) is 23.6 Å². The van der Waals surface area contributed by atoms with E-state index < -0.39 is 10.0 Å². The van der Waals surface area contributed by atoms with Crippen LogP contribution in [0.1, 0.15) is 33.3 Å². The van der Waals surface area contributed by atoms with Gasteiger partial charge in [-0.25, -0.2) is 13.1 Å². The predicted molar refractivity (Wildman–Crippen MR) is 85.0 cm³/mol. The normalized spacial score (nSPS) is 12.1. The Morgan fingerprint density at radius 2 is 1.86 bits per heavy atom. The van der Waals surface area contributed by atoms with E-state index in [1.165, 1.54) is 7.11 Å². The van der Waals surface area contributed by atoms with Gasteiger partial charge in [-0.1, -0.05) is 33.8 Å². The SMILES string of the molecule is COc1cc(CNC(C)C)ccc1S(=O)(=O)NCC(C)C. The van der Waals surface area contributed by atoms with E-state index in [0.29, 0.717) is 24.9 Å². The average molecular weight is 314 g/mol. The van der Waals surface area contributed by atoms with Gasteiger partial charge in [0.15, 0.2) is 0 Å². The fourth-order valence-electron chi connectivity index (χ4n) is 1.72. The van der Waals surface area contributed by atoms with Gasteiger partial charge < -0.3 is 10.1 Å². The Hall–Kier alpha value is -1.11. The molecule has 0 saturated carbocycles. The minimum Gasteiger partial charge on any atom is -0.495 e. The van der Waals surface area contributed by atoms with E-state index in [9.17, 15) is 8.42 Å². The second kappa shape index (κ2) is 7.77. The third-order valence-corrected chi connectivity index (χ3v) is 4.38. The van der Waals surface area contributed by atoms with Gasteiger partial charge in [0.05, 0.1) is 7.11 Å². The maximum atomic E-state index is 12.3.